The Hall–Kier alpha value is -0.704. The van der Waals surface area contributed by atoms with Crippen LogP contribution in [-0.2, 0) is 21.2 Å². The summed E-state index contributed by atoms with van der Waals surface area (Å²) in [5, 5.41) is 1.24. The molecule has 0 bridgehead atoms. The van der Waals surface area contributed by atoms with Crippen LogP contribution in [-0.4, -0.2) is 44.8 Å². The fraction of sp³-hybridized carbons (Fsp3) is 0.697. The Morgan fingerprint density at radius 1 is 1.05 bits per heavy atom. The SMILES string of the molecule is CCC[CH2][Sn]([CH2]CCC)([CH2]CCC)[c]1cnc([C@]2(O[Si](C)(C)C(C)(C)C)CCCc3cc(C(=O)OC)ccc32)s1. The van der Waals surface area contributed by atoms with E-state index in [-0.39, 0.29) is 11.0 Å². The van der Waals surface area contributed by atoms with E-state index in [1.165, 1.54) is 70.1 Å². The van der Waals surface area contributed by atoms with Crippen molar-refractivity contribution in [2.45, 2.75) is 136 Å². The Balaban J connectivity index is 2.21. The molecule has 7 heteroatoms. The number of aryl methyl sites for hydroxylation is 1. The molecule has 1 atom stereocenters. The van der Waals surface area contributed by atoms with Crippen LogP contribution < -0.4 is 2.89 Å². The molecule has 1 aliphatic carbocycles. The summed E-state index contributed by atoms with van der Waals surface area (Å²) in [5.74, 6) is -0.276. The molecular formula is C33H55NO3SSiSn. The predicted octanol–water partition coefficient (Wildman–Crippen LogP) is 9.59. The standard InChI is InChI=1S/C21H28NO3SSi.3C4H9.Sn/c1-20(2,3)27(5,6)25-21(19-22-12-13-26-19)11-7-8-15-14-16(18(23)24-4)9-10-17(15)21;3*1-3-4-2;/h9-10,12,14H,7-8,11H2,1-6H3;3*1,3-4H2,2H3;/t21-;;;;/m0..../s1. The van der Waals surface area contributed by atoms with Crippen molar-refractivity contribution >= 4 is 46.9 Å². The fourth-order valence-electron chi connectivity index (χ4n) is 6.06. The maximum absolute atomic E-state index is 12.4. The van der Waals surface area contributed by atoms with Crippen molar-refractivity contribution in [3.63, 3.8) is 0 Å². The number of esters is 1. The number of hydrogen-bond acceptors (Lipinski definition) is 5. The van der Waals surface area contributed by atoms with E-state index in [1.54, 1.807) is 2.89 Å². The first kappa shape index (κ1) is 33.8. The molecule has 1 heterocycles. The van der Waals surface area contributed by atoms with E-state index in [0.29, 0.717) is 5.56 Å². The van der Waals surface area contributed by atoms with Gasteiger partial charge < -0.3 is 0 Å². The van der Waals surface area contributed by atoms with E-state index in [4.69, 9.17) is 14.1 Å². The summed E-state index contributed by atoms with van der Waals surface area (Å²) in [4.78, 5) is 17.7. The number of thiazole rings is 1. The van der Waals surface area contributed by atoms with Gasteiger partial charge in [0.2, 0.25) is 0 Å². The van der Waals surface area contributed by atoms with Crippen molar-refractivity contribution in [1.29, 1.82) is 0 Å². The molecule has 0 N–H and O–H groups in total. The molecule has 1 aromatic heterocycles. The second-order valence-electron chi connectivity index (χ2n) is 13.5. The summed E-state index contributed by atoms with van der Waals surface area (Å²) in [7, 11) is -0.710. The zero-order valence-electron chi connectivity index (χ0n) is 26.9. The minimum absolute atomic E-state index is 0.0794. The number of fused-ring (bicyclic) bond motifs is 1. The first-order chi connectivity index (χ1) is 18.9. The molecule has 0 spiro atoms. The number of methoxy groups -OCH3 is 1. The number of carbonyl (C=O) groups is 1. The zero-order valence-corrected chi connectivity index (χ0v) is 31.5. The van der Waals surface area contributed by atoms with Crippen molar-refractivity contribution in [2.75, 3.05) is 7.11 Å². The van der Waals surface area contributed by atoms with E-state index < -0.39 is 32.3 Å². The van der Waals surface area contributed by atoms with Crippen LogP contribution in [0.1, 0.15) is 119 Å². The number of hydrogen-bond donors (Lipinski definition) is 0. The second-order valence-corrected chi connectivity index (χ2v) is 33.4. The minimum atomic E-state index is -2.63. The van der Waals surface area contributed by atoms with Crippen LogP contribution in [0.25, 0.3) is 0 Å². The van der Waals surface area contributed by atoms with Gasteiger partial charge in [0.05, 0.1) is 0 Å². The van der Waals surface area contributed by atoms with E-state index >= 15 is 0 Å². The monoisotopic (exact) mass is 693 g/mol. The van der Waals surface area contributed by atoms with Gasteiger partial charge in [0.25, 0.3) is 0 Å². The summed E-state index contributed by atoms with van der Waals surface area (Å²) in [6.07, 6.45) is 13.1. The summed E-state index contributed by atoms with van der Waals surface area (Å²) in [5.41, 5.74) is 2.50. The molecule has 40 heavy (non-hydrogen) atoms. The van der Waals surface area contributed by atoms with Gasteiger partial charge in [-0.25, -0.2) is 0 Å². The average molecular weight is 693 g/mol. The third kappa shape index (κ3) is 7.25. The normalized spacial score (nSPS) is 18.0. The predicted molar refractivity (Wildman–Crippen MR) is 176 cm³/mol. The van der Waals surface area contributed by atoms with Gasteiger partial charge in [-0.15, -0.1) is 0 Å². The molecule has 0 aliphatic heterocycles. The van der Waals surface area contributed by atoms with Crippen LogP contribution in [0.3, 0.4) is 0 Å². The van der Waals surface area contributed by atoms with Crippen LogP contribution in [0.2, 0.25) is 31.4 Å². The number of aromatic nitrogens is 1. The Bertz CT molecular complexity index is 1100. The molecule has 1 aromatic carbocycles. The molecule has 0 fully saturated rings. The zero-order chi connectivity index (χ0) is 29.6. The Morgan fingerprint density at radius 3 is 2.17 bits per heavy atom. The van der Waals surface area contributed by atoms with Crippen molar-refractivity contribution in [1.82, 2.24) is 4.98 Å². The van der Waals surface area contributed by atoms with Crippen LogP contribution in [0.4, 0.5) is 0 Å². The molecule has 4 nitrogen and oxygen atoms in total. The topological polar surface area (TPSA) is 48.4 Å². The van der Waals surface area contributed by atoms with Gasteiger partial charge in [-0.2, -0.15) is 0 Å². The van der Waals surface area contributed by atoms with Crippen molar-refractivity contribution < 1.29 is 14.0 Å². The third-order valence-electron chi connectivity index (χ3n) is 9.57. The molecule has 0 amide bonds. The Kier molecular flexibility index (Phi) is 12.0. The van der Waals surface area contributed by atoms with Crippen molar-refractivity contribution in [3.05, 3.63) is 46.1 Å². The van der Waals surface area contributed by atoms with Gasteiger partial charge >= 0.3 is 255 Å². The molecule has 224 valence electrons. The maximum atomic E-state index is 12.4. The Morgan fingerprint density at radius 2 is 1.65 bits per heavy atom. The second kappa shape index (κ2) is 14.2. The Labute approximate surface area is 254 Å². The van der Waals surface area contributed by atoms with Crippen molar-refractivity contribution in [2.24, 2.45) is 0 Å². The van der Waals surface area contributed by atoms with E-state index in [2.05, 4.69) is 66.9 Å². The molecule has 0 saturated carbocycles. The third-order valence-corrected chi connectivity index (χ3v) is 33.4. The first-order valence-corrected chi connectivity index (χ1v) is 27.0. The summed E-state index contributed by atoms with van der Waals surface area (Å²) < 4.78 is 18.6. The van der Waals surface area contributed by atoms with E-state index in [0.717, 1.165) is 24.3 Å². The van der Waals surface area contributed by atoms with E-state index in [9.17, 15) is 4.79 Å². The number of carbonyl (C=O) groups excluding carboxylic acids is 1. The van der Waals surface area contributed by atoms with Crippen molar-refractivity contribution in [3.8, 4) is 0 Å². The molecule has 0 saturated heterocycles. The fourth-order valence-corrected chi connectivity index (χ4v) is 27.4. The summed E-state index contributed by atoms with van der Waals surface area (Å²) >= 11 is -0.619. The first-order valence-electron chi connectivity index (χ1n) is 15.8. The van der Waals surface area contributed by atoms with E-state index in [1.807, 2.05) is 23.5 Å². The van der Waals surface area contributed by atoms with Gasteiger partial charge in [-0.05, 0) is 0 Å². The van der Waals surface area contributed by atoms with Gasteiger partial charge in [-0.1, -0.05) is 0 Å². The van der Waals surface area contributed by atoms with Gasteiger partial charge in [0, 0.05) is 0 Å². The quantitative estimate of drug-likeness (QED) is 0.146. The molecule has 3 rings (SSSR count). The van der Waals surface area contributed by atoms with Gasteiger partial charge in [0.1, 0.15) is 0 Å². The van der Waals surface area contributed by atoms with Crippen LogP contribution in [0.5, 0.6) is 0 Å². The number of nitrogens with zero attached hydrogens (tertiary/aromatic N) is 1. The van der Waals surface area contributed by atoms with Gasteiger partial charge in [-0.3, -0.25) is 0 Å². The average Bonchev–Trinajstić information content (AvgIpc) is 3.43. The number of rotatable bonds is 14. The van der Waals surface area contributed by atoms with Crippen LogP contribution in [0.15, 0.2) is 24.4 Å². The molecule has 0 radical (unpaired) electrons. The van der Waals surface area contributed by atoms with Crippen LogP contribution in [0, 0.1) is 0 Å². The molecular weight excluding hydrogens is 637 g/mol. The van der Waals surface area contributed by atoms with Crippen LogP contribution >= 0.6 is 11.3 Å². The number of benzene rings is 1. The summed E-state index contributed by atoms with van der Waals surface area (Å²) in [6, 6.07) is 6.13. The molecule has 2 aromatic rings. The number of ether oxygens (including phenoxy) is 1. The molecule has 1 aliphatic rings. The number of unbranched alkanes of at least 4 members (excludes halogenated alkanes) is 3. The summed E-state index contributed by atoms with van der Waals surface area (Å²) in [6.45, 7) is 18.7. The molecule has 0 unspecified atom stereocenters. The van der Waals surface area contributed by atoms with Gasteiger partial charge in [0.15, 0.2) is 0 Å².